The lowest BCUT2D eigenvalue weighted by Gasteiger charge is -2.25. The number of halogens is 1. The van der Waals surface area contributed by atoms with E-state index in [1.54, 1.807) is 6.92 Å². The molecule has 0 heterocycles. The first-order chi connectivity index (χ1) is 20.3. The van der Waals surface area contributed by atoms with Crippen molar-refractivity contribution < 1.29 is 33.4 Å². The summed E-state index contributed by atoms with van der Waals surface area (Å²) < 4.78 is 25.8. The maximum atomic E-state index is 14.2. The molecule has 2 amide bonds. The molecule has 5 rings (SSSR count). The topological polar surface area (TPSA) is 114 Å². The van der Waals surface area contributed by atoms with Crippen LogP contribution in [0.3, 0.4) is 0 Å². The number of ether oxygens (including phenoxy) is 2. The van der Waals surface area contributed by atoms with Gasteiger partial charge in [-0.3, -0.25) is 4.79 Å². The predicted octanol–water partition coefficient (Wildman–Crippen LogP) is 5.98. The van der Waals surface area contributed by atoms with E-state index in [0.29, 0.717) is 0 Å². The third-order valence-electron chi connectivity index (χ3n) is 7.21. The molecular formula is C33H29FN2O6. The number of aromatic carboxylic acids is 1. The molecule has 2 unspecified atom stereocenters. The molecule has 214 valence electrons. The maximum Gasteiger partial charge on any atom is 0.407 e. The van der Waals surface area contributed by atoms with E-state index in [9.17, 15) is 23.9 Å². The molecule has 3 N–H and O–H groups in total. The lowest BCUT2D eigenvalue weighted by atomic mass is 9.98. The van der Waals surface area contributed by atoms with Crippen molar-refractivity contribution in [2.75, 3.05) is 11.9 Å². The SMILES string of the molecule is CC(OCc1ccccc1)C(NC(=O)OCC1c2ccccc2-c2ccccc21)C(=O)Nc1cccc(F)c1C(=O)O. The molecule has 8 nitrogen and oxygen atoms in total. The molecule has 2 atom stereocenters. The fourth-order valence-corrected chi connectivity index (χ4v) is 5.12. The van der Waals surface area contributed by atoms with Gasteiger partial charge in [0.2, 0.25) is 5.91 Å². The Morgan fingerprint density at radius 1 is 0.857 bits per heavy atom. The van der Waals surface area contributed by atoms with Crippen molar-refractivity contribution in [1.29, 1.82) is 0 Å². The number of hydrogen-bond donors (Lipinski definition) is 3. The van der Waals surface area contributed by atoms with E-state index in [1.807, 2.05) is 78.9 Å². The molecule has 0 bridgehead atoms. The number of rotatable bonds is 10. The van der Waals surface area contributed by atoms with Gasteiger partial charge in [-0.2, -0.15) is 0 Å². The second kappa shape index (κ2) is 12.7. The summed E-state index contributed by atoms with van der Waals surface area (Å²) in [5, 5.41) is 14.5. The van der Waals surface area contributed by atoms with Crippen molar-refractivity contribution in [2.45, 2.75) is 31.6 Å². The molecule has 0 fully saturated rings. The molecule has 1 aliphatic rings. The van der Waals surface area contributed by atoms with Crippen LogP contribution in [0.5, 0.6) is 0 Å². The van der Waals surface area contributed by atoms with Crippen LogP contribution in [-0.2, 0) is 20.9 Å². The van der Waals surface area contributed by atoms with E-state index in [0.717, 1.165) is 33.9 Å². The highest BCUT2D eigenvalue weighted by atomic mass is 19.1. The van der Waals surface area contributed by atoms with Crippen LogP contribution in [0.25, 0.3) is 11.1 Å². The molecule has 0 saturated carbocycles. The smallest absolute Gasteiger partial charge is 0.407 e. The lowest BCUT2D eigenvalue weighted by molar-refractivity contribution is -0.121. The van der Waals surface area contributed by atoms with E-state index in [4.69, 9.17) is 9.47 Å². The Bertz CT molecular complexity index is 1560. The van der Waals surface area contributed by atoms with Crippen LogP contribution < -0.4 is 10.6 Å². The highest BCUT2D eigenvalue weighted by molar-refractivity contribution is 6.03. The molecule has 4 aromatic rings. The van der Waals surface area contributed by atoms with Gasteiger partial charge in [-0.25, -0.2) is 14.0 Å². The van der Waals surface area contributed by atoms with Crippen LogP contribution in [0.2, 0.25) is 0 Å². The minimum Gasteiger partial charge on any atom is -0.478 e. The van der Waals surface area contributed by atoms with Gasteiger partial charge in [-0.05, 0) is 46.9 Å². The van der Waals surface area contributed by atoms with Crippen molar-refractivity contribution in [2.24, 2.45) is 0 Å². The Kier molecular flexibility index (Phi) is 8.59. The molecule has 0 spiro atoms. The van der Waals surface area contributed by atoms with E-state index in [-0.39, 0.29) is 24.8 Å². The van der Waals surface area contributed by atoms with Crippen LogP contribution in [0.15, 0.2) is 97.1 Å². The number of benzene rings is 4. The van der Waals surface area contributed by atoms with Gasteiger partial charge in [0.25, 0.3) is 0 Å². The highest BCUT2D eigenvalue weighted by Gasteiger charge is 2.32. The number of fused-ring (bicyclic) bond motifs is 3. The van der Waals surface area contributed by atoms with Gasteiger partial charge in [-0.1, -0.05) is 84.9 Å². The summed E-state index contributed by atoms with van der Waals surface area (Å²) in [5.74, 6) is -3.53. The van der Waals surface area contributed by atoms with Gasteiger partial charge in [0, 0.05) is 5.92 Å². The molecule has 42 heavy (non-hydrogen) atoms. The third-order valence-corrected chi connectivity index (χ3v) is 7.21. The Balaban J connectivity index is 1.32. The number of anilines is 1. The van der Waals surface area contributed by atoms with Crippen LogP contribution in [0, 0.1) is 5.82 Å². The average molecular weight is 569 g/mol. The number of nitrogens with one attached hydrogen (secondary N) is 2. The Morgan fingerprint density at radius 2 is 1.48 bits per heavy atom. The second-order valence-corrected chi connectivity index (χ2v) is 9.91. The van der Waals surface area contributed by atoms with Crippen molar-refractivity contribution in [1.82, 2.24) is 5.32 Å². The minimum absolute atomic E-state index is 0.0283. The predicted molar refractivity (Wildman–Crippen MR) is 155 cm³/mol. The van der Waals surface area contributed by atoms with E-state index in [1.165, 1.54) is 12.1 Å². The second-order valence-electron chi connectivity index (χ2n) is 9.91. The van der Waals surface area contributed by atoms with Gasteiger partial charge < -0.3 is 25.2 Å². The van der Waals surface area contributed by atoms with Crippen LogP contribution in [0.4, 0.5) is 14.9 Å². The average Bonchev–Trinajstić information content (AvgIpc) is 3.31. The first-order valence-electron chi connectivity index (χ1n) is 13.4. The van der Waals surface area contributed by atoms with Gasteiger partial charge >= 0.3 is 12.1 Å². The Morgan fingerprint density at radius 3 is 2.12 bits per heavy atom. The van der Waals surface area contributed by atoms with Gasteiger partial charge in [-0.15, -0.1) is 0 Å². The van der Waals surface area contributed by atoms with Crippen LogP contribution in [-0.4, -0.2) is 41.8 Å². The number of carboxylic acid groups (broad SMARTS) is 1. The Hall–Kier alpha value is -5.02. The number of carbonyl (C=O) groups excluding carboxylic acids is 2. The van der Waals surface area contributed by atoms with Crippen LogP contribution in [0.1, 0.15) is 39.9 Å². The fourth-order valence-electron chi connectivity index (χ4n) is 5.12. The number of alkyl carbamates (subject to hydrolysis) is 1. The summed E-state index contributed by atoms with van der Waals surface area (Å²) in [6.45, 7) is 1.78. The minimum atomic E-state index is -1.54. The molecule has 0 radical (unpaired) electrons. The molecule has 0 aliphatic heterocycles. The summed E-state index contributed by atoms with van der Waals surface area (Å²) in [6.07, 6.45) is -1.72. The van der Waals surface area contributed by atoms with Gasteiger partial charge in [0.05, 0.1) is 18.4 Å². The summed E-state index contributed by atoms with van der Waals surface area (Å²) >= 11 is 0. The monoisotopic (exact) mass is 568 g/mol. The molecule has 0 aromatic heterocycles. The first-order valence-corrected chi connectivity index (χ1v) is 13.4. The molecule has 4 aromatic carbocycles. The summed E-state index contributed by atoms with van der Waals surface area (Å²) in [4.78, 5) is 38.1. The lowest BCUT2D eigenvalue weighted by Crippen LogP contribution is -2.51. The maximum absolute atomic E-state index is 14.2. The van der Waals surface area contributed by atoms with E-state index < -0.39 is 41.5 Å². The molecular weight excluding hydrogens is 539 g/mol. The Labute approximate surface area is 242 Å². The summed E-state index contributed by atoms with van der Waals surface area (Å²) in [5.41, 5.74) is 4.13. The zero-order chi connectivity index (χ0) is 29.6. The highest BCUT2D eigenvalue weighted by Crippen LogP contribution is 2.44. The standard InChI is InChI=1S/C33H29FN2O6/c1-20(41-18-21-10-3-2-4-11-21)30(31(37)35-28-17-9-16-27(34)29(28)32(38)39)36-33(40)42-19-26-24-14-7-5-12-22(24)23-13-6-8-15-25(23)26/h2-17,20,26,30H,18-19H2,1H3,(H,35,37)(H,36,40)(H,38,39). The van der Waals surface area contributed by atoms with Gasteiger partial charge in [0.1, 0.15) is 24.0 Å². The van der Waals surface area contributed by atoms with E-state index in [2.05, 4.69) is 10.6 Å². The quantitative estimate of drug-likeness (QED) is 0.217. The summed E-state index contributed by atoms with van der Waals surface area (Å²) in [7, 11) is 0. The van der Waals surface area contributed by atoms with Crippen molar-refractivity contribution in [3.8, 4) is 11.1 Å². The fraction of sp³-hybridized carbons (Fsp3) is 0.182. The third kappa shape index (κ3) is 6.16. The van der Waals surface area contributed by atoms with E-state index >= 15 is 0 Å². The number of carboxylic acids is 1. The summed E-state index contributed by atoms with van der Waals surface area (Å²) in [6, 6.07) is 27.3. The van der Waals surface area contributed by atoms with Crippen LogP contribution >= 0.6 is 0 Å². The number of amides is 2. The first kappa shape index (κ1) is 28.5. The van der Waals surface area contributed by atoms with Crippen molar-refractivity contribution in [3.63, 3.8) is 0 Å². The zero-order valence-electron chi connectivity index (χ0n) is 22.8. The molecule has 1 aliphatic carbocycles. The molecule has 0 saturated heterocycles. The molecule has 9 heteroatoms. The largest absolute Gasteiger partial charge is 0.478 e. The van der Waals surface area contributed by atoms with Crippen molar-refractivity contribution >= 4 is 23.7 Å². The number of hydrogen-bond acceptors (Lipinski definition) is 5. The van der Waals surface area contributed by atoms with Gasteiger partial charge in [0.15, 0.2) is 0 Å². The normalized spacial score (nSPS) is 13.4. The number of carbonyl (C=O) groups is 3. The van der Waals surface area contributed by atoms with Crippen molar-refractivity contribution in [3.05, 3.63) is 125 Å². The zero-order valence-corrected chi connectivity index (χ0v) is 22.8.